The molecule has 4 rings (SSSR count). The Kier molecular flexibility index (Phi) is 6.66. The first-order valence-electron chi connectivity index (χ1n) is 10.3. The van der Waals surface area contributed by atoms with Crippen LogP contribution in [0, 0.1) is 12.8 Å². The number of benzene rings is 1. The number of hydrogen-bond acceptors (Lipinski definition) is 7. The minimum Gasteiger partial charge on any atom is -0.339 e. The Hall–Kier alpha value is -2.27. The summed E-state index contributed by atoms with van der Waals surface area (Å²) in [5.41, 5.74) is 2.19. The van der Waals surface area contributed by atoms with Crippen LogP contribution in [0.3, 0.4) is 0 Å². The molecule has 0 unspecified atom stereocenters. The van der Waals surface area contributed by atoms with Crippen molar-refractivity contribution in [3.8, 4) is 11.4 Å². The quantitative estimate of drug-likeness (QED) is 0.545. The molecular formula is C21H23ClN4O4S2. The van der Waals surface area contributed by atoms with Crippen LogP contribution in [0.15, 0.2) is 38.4 Å². The number of nitrogens with zero attached hydrogens (tertiary/aromatic N) is 3. The van der Waals surface area contributed by atoms with Crippen LogP contribution >= 0.6 is 22.9 Å². The SMILES string of the molecule is CCc1nc(-c2csc(S(=O)(=O)N3CCC(C(=O)Nc4ccc(C)cc4Cl)CC3)c2)no1. The molecule has 1 saturated heterocycles. The van der Waals surface area contributed by atoms with E-state index in [-0.39, 0.29) is 29.1 Å². The highest BCUT2D eigenvalue weighted by molar-refractivity contribution is 7.91. The van der Waals surface area contributed by atoms with Crippen molar-refractivity contribution in [2.45, 2.75) is 37.3 Å². The van der Waals surface area contributed by atoms with E-state index in [4.69, 9.17) is 16.1 Å². The largest absolute Gasteiger partial charge is 0.339 e. The van der Waals surface area contributed by atoms with Gasteiger partial charge in [0.15, 0.2) is 0 Å². The lowest BCUT2D eigenvalue weighted by Gasteiger charge is -2.30. The standard InChI is InChI=1S/C21H23ClN4O4S2/c1-3-18-24-20(25-30-18)15-11-19(31-12-15)32(28,29)26-8-6-14(7-9-26)21(27)23-17-5-4-13(2)10-16(17)22/h4-5,10-12,14H,3,6-9H2,1-2H3,(H,23,27). The fourth-order valence-corrected chi connectivity index (χ4v) is 6.59. The molecule has 0 spiro atoms. The number of amides is 1. The molecule has 1 aliphatic heterocycles. The van der Waals surface area contributed by atoms with Crippen molar-refractivity contribution in [3.05, 3.63) is 46.1 Å². The topological polar surface area (TPSA) is 105 Å². The summed E-state index contributed by atoms with van der Waals surface area (Å²) < 4.78 is 32.9. The van der Waals surface area contributed by atoms with Crippen molar-refractivity contribution in [2.24, 2.45) is 5.92 Å². The Balaban J connectivity index is 1.39. The van der Waals surface area contributed by atoms with Crippen LogP contribution in [0.4, 0.5) is 5.69 Å². The first-order valence-corrected chi connectivity index (χ1v) is 13.0. The summed E-state index contributed by atoms with van der Waals surface area (Å²) in [6.45, 7) is 4.38. The average Bonchev–Trinajstić information content (AvgIpc) is 3.45. The summed E-state index contributed by atoms with van der Waals surface area (Å²) >= 11 is 7.33. The number of piperidine rings is 1. The predicted octanol–water partition coefficient (Wildman–Crippen LogP) is 4.36. The normalized spacial score (nSPS) is 15.7. The molecule has 1 aromatic carbocycles. The third kappa shape index (κ3) is 4.73. The second-order valence-corrected chi connectivity index (χ2v) is 11.2. The molecule has 8 nitrogen and oxygen atoms in total. The van der Waals surface area contributed by atoms with E-state index in [9.17, 15) is 13.2 Å². The van der Waals surface area contributed by atoms with Crippen molar-refractivity contribution in [1.82, 2.24) is 14.4 Å². The lowest BCUT2D eigenvalue weighted by molar-refractivity contribution is -0.120. The van der Waals surface area contributed by atoms with Crippen molar-refractivity contribution in [3.63, 3.8) is 0 Å². The predicted molar refractivity (Wildman–Crippen MR) is 123 cm³/mol. The zero-order chi connectivity index (χ0) is 22.9. The lowest BCUT2D eigenvalue weighted by atomic mass is 9.97. The van der Waals surface area contributed by atoms with Gasteiger partial charge in [-0.15, -0.1) is 11.3 Å². The smallest absolute Gasteiger partial charge is 0.252 e. The first-order chi connectivity index (χ1) is 15.3. The van der Waals surface area contributed by atoms with E-state index in [0.717, 1.165) is 16.9 Å². The Morgan fingerprint density at radius 1 is 1.31 bits per heavy atom. The number of nitrogens with one attached hydrogen (secondary N) is 1. The van der Waals surface area contributed by atoms with E-state index in [1.54, 1.807) is 23.6 Å². The number of anilines is 1. The summed E-state index contributed by atoms with van der Waals surface area (Å²) in [5.74, 6) is 0.465. The molecule has 3 aromatic rings. The molecule has 2 aromatic heterocycles. The van der Waals surface area contributed by atoms with Crippen LogP contribution in [-0.2, 0) is 21.2 Å². The molecule has 0 radical (unpaired) electrons. The number of aromatic nitrogens is 2. The fraction of sp³-hybridized carbons (Fsp3) is 0.381. The number of hydrogen-bond donors (Lipinski definition) is 1. The molecule has 32 heavy (non-hydrogen) atoms. The van der Waals surface area contributed by atoms with Crippen molar-refractivity contribution in [1.29, 1.82) is 0 Å². The zero-order valence-corrected chi connectivity index (χ0v) is 20.1. The molecule has 0 bridgehead atoms. The zero-order valence-electron chi connectivity index (χ0n) is 17.7. The lowest BCUT2D eigenvalue weighted by Crippen LogP contribution is -2.41. The van der Waals surface area contributed by atoms with Crippen LogP contribution in [0.1, 0.15) is 31.2 Å². The molecule has 1 aliphatic rings. The van der Waals surface area contributed by atoms with E-state index >= 15 is 0 Å². The van der Waals surface area contributed by atoms with Gasteiger partial charge in [-0.05, 0) is 43.5 Å². The number of halogens is 1. The van der Waals surface area contributed by atoms with Gasteiger partial charge in [0.2, 0.25) is 17.6 Å². The highest BCUT2D eigenvalue weighted by Crippen LogP contribution is 2.32. The maximum atomic E-state index is 13.1. The number of sulfonamides is 1. The van der Waals surface area contributed by atoms with Gasteiger partial charge in [0, 0.05) is 36.4 Å². The highest BCUT2D eigenvalue weighted by atomic mass is 35.5. The van der Waals surface area contributed by atoms with Crippen molar-refractivity contribution >= 4 is 44.6 Å². The van der Waals surface area contributed by atoms with E-state index in [2.05, 4.69) is 15.5 Å². The van der Waals surface area contributed by atoms with Crippen LogP contribution in [0.5, 0.6) is 0 Å². The van der Waals surface area contributed by atoms with E-state index in [0.29, 0.717) is 47.3 Å². The van der Waals surface area contributed by atoms with Crippen molar-refractivity contribution < 1.29 is 17.7 Å². The monoisotopic (exact) mass is 494 g/mol. The number of carbonyl (C=O) groups is 1. The van der Waals surface area contributed by atoms with Crippen molar-refractivity contribution in [2.75, 3.05) is 18.4 Å². The van der Waals surface area contributed by atoms with Gasteiger partial charge in [-0.2, -0.15) is 9.29 Å². The molecule has 0 atom stereocenters. The molecule has 1 fully saturated rings. The summed E-state index contributed by atoms with van der Waals surface area (Å²) in [6, 6.07) is 7.02. The third-order valence-corrected chi connectivity index (χ3v) is 9.03. The van der Waals surface area contributed by atoms with Gasteiger partial charge in [0.25, 0.3) is 10.0 Å². The van der Waals surface area contributed by atoms with Gasteiger partial charge in [0.05, 0.1) is 10.7 Å². The van der Waals surface area contributed by atoms with E-state index in [1.807, 2.05) is 19.9 Å². The molecule has 0 saturated carbocycles. The molecular weight excluding hydrogens is 472 g/mol. The molecule has 3 heterocycles. The fourth-order valence-electron chi connectivity index (χ4n) is 3.53. The summed E-state index contributed by atoms with van der Waals surface area (Å²) in [5, 5.41) is 8.96. The first kappa shape index (κ1) is 22.9. The maximum Gasteiger partial charge on any atom is 0.252 e. The summed E-state index contributed by atoms with van der Waals surface area (Å²) in [6.07, 6.45) is 1.50. The Bertz CT molecular complexity index is 1230. The van der Waals surface area contributed by atoms with Gasteiger partial charge in [0.1, 0.15) is 4.21 Å². The number of aryl methyl sites for hydroxylation is 2. The highest BCUT2D eigenvalue weighted by Gasteiger charge is 2.33. The Labute approximate surface area is 195 Å². The number of carbonyl (C=O) groups excluding carboxylic acids is 1. The Morgan fingerprint density at radius 3 is 2.72 bits per heavy atom. The second kappa shape index (κ2) is 9.30. The molecule has 11 heteroatoms. The molecule has 170 valence electrons. The summed E-state index contributed by atoms with van der Waals surface area (Å²) in [4.78, 5) is 16.9. The minimum atomic E-state index is -3.65. The van der Waals surface area contributed by atoms with Crippen LogP contribution in [-0.4, -0.2) is 41.9 Å². The van der Waals surface area contributed by atoms with E-state index < -0.39 is 10.0 Å². The van der Waals surface area contributed by atoms with Gasteiger partial charge < -0.3 is 9.84 Å². The van der Waals surface area contributed by atoms with Gasteiger partial charge in [-0.3, -0.25) is 4.79 Å². The number of rotatable bonds is 6. The molecule has 1 amide bonds. The van der Waals surface area contributed by atoms with Crippen LogP contribution < -0.4 is 5.32 Å². The second-order valence-electron chi connectivity index (χ2n) is 7.67. The number of thiophene rings is 1. The van der Waals surface area contributed by atoms with Gasteiger partial charge in [-0.1, -0.05) is 29.7 Å². The third-order valence-electron chi connectivity index (χ3n) is 5.41. The molecule has 1 N–H and O–H groups in total. The van der Waals surface area contributed by atoms with Gasteiger partial charge in [-0.25, -0.2) is 8.42 Å². The maximum absolute atomic E-state index is 13.1. The van der Waals surface area contributed by atoms with E-state index in [1.165, 1.54) is 4.31 Å². The van der Waals surface area contributed by atoms with Crippen LogP contribution in [0.2, 0.25) is 5.02 Å². The molecule has 0 aliphatic carbocycles. The van der Waals surface area contributed by atoms with Crippen LogP contribution in [0.25, 0.3) is 11.4 Å². The Morgan fingerprint density at radius 2 is 2.06 bits per heavy atom. The average molecular weight is 495 g/mol. The van der Waals surface area contributed by atoms with Gasteiger partial charge >= 0.3 is 0 Å². The minimum absolute atomic E-state index is 0.143. The summed E-state index contributed by atoms with van der Waals surface area (Å²) in [7, 11) is -3.65.